The summed E-state index contributed by atoms with van der Waals surface area (Å²) in [4.78, 5) is 0. The summed E-state index contributed by atoms with van der Waals surface area (Å²) in [6.45, 7) is 0. The van der Waals surface area contributed by atoms with Crippen LogP contribution in [0.3, 0.4) is 0 Å². The molecule has 296 valence electrons. The zero-order chi connectivity index (χ0) is 35.3. The average Bonchev–Trinajstić information content (AvgIpc) is 3.99. The van der Waals surface area contributed by atoms with Crippen molar-refractivity contribution in [1.29, 1.82) is 0 Å². The van der Waals surface area contributed by atoms with Crippen LogP contribution in [0.25, 0.3) is 0 Å². The average molecular weight is 721 g/mol. The van der Waals surface area contributed by atoms with Crippen molar-refractivity contribution in [3.05, 3.63) is 0 Å². The summed E-state index contributed by atoms with van der Waals surface area (Å²) >= 11 is 0. The molecule has 8 bridgehead atoms. The van der Waals surface area contributed by atoms with Crippen molar-refractivity contribution in [3.8, 4) is 0 Å². The van der Waals surface area contributed by atoms with E-state index in [1.165, 1.54) is 154 Å². The van der Waals surface area contributed by atoms with Crippen molar-refractivity contribution in [2.45, 2.75) is 227 Å². The van der Waals surface area contributed by atoms with Gasteiger partial charge in [0.2, 0.25) is 0 Å². The van der Waals surface area contributed by atoms with E-state index in [-0.39, 0.29) is 0 Å². The van der Waals surface area contributed by atoms with Gasteiger partial charge in [0.05, 0.1) is 0 Å². The summed E-state index contributed by atoms with van der Waals surface area (Å²) in [7, 11) is 0. The molecule has 5 saturated heterocycles. The highest BCUT2D eigenvalue weighted by molar-refractivity contribution is 5.11. The van der Waals surface area contributed by atoms with Crippen LogP contribution in [0.5, 0.6) is 0 Å². The lowest BCUT2D eigenvalue weighted by molar-refractivity contribution is 0.0966. The van der Waals surface area contributed by atoms with Crippen LogP contribution in [-0.4, -0.2) is 72.5 Å². The second-order valence-corrected chi connectivity index (χ2v) is 20.6. The fraction of sp³-hybridized carbons (Fsp3) is 1.00. The molecule has 9 aliphatic rings. The predicted molar refractivity (Wildman–Crippen MR) is 213 cm³/mol. The first-order chi connectivity index (χ1) is 25.4. The van der Waals surface area contributed by atoms with E-state index in [1.54, 1.807) is 0 Å². The van der Waals surface area contributed by atoms with Gasteiger partial charge in [-0.2, -0.15) is 0 Å². The maximum Gasteiger partial charge on any atom is 0.0117 e. The molecule has 5 heterocycles. The van der Waals surface area contributed by atoms with Crippen LogP contribution in [0.2, 0.25) is 0 Å². The molecule has 4 saturated carbocycles. The number of hydrogen-bond acceptors (Lipinski definition) is 8. The molecule has 0 aromatic carbocycles. The van der Waals surface area contributed by atoms with Gasteiger partial charge in [-0.25, -0.2) is 0 Å². The smallest absolute Gasteiger partial charge is 0.0117 e. The molecule has 52 heavy (non-hydrogen) atoms. The molecular weight excluding hydrogens is 641 g/mol. The summed E-state index contributed by atoms with van der Waals surface area (Å²) in [5.74, 6) is 4.94. The first-order valence-electron chi connectivity index (χ1n) is 23.5. The van der Waals surface area contributed by atoms with Gasteiger partial charge in [0, 0.05) is 72.5 Å². The van der Waals surface area contributed by atoms with E-state index in [4.69, 9.17) is 22.9 Å². The van der Waals surface area contributed by atoms with Crippen molar-refractivity contribution >= 4 is 0 Å². The molecule has 0 aromatic heterocycles. The maximum absolute atomic E-state index is 7.16. The van der Waals surface area contributed by atoms with Gasteiger partial charge in [-0.05, 0) is 150 Å². The van der Waals surface area contributed by atoms with Gasteiger partial charge in [-0.1, -0.05) is 51.4 Å². The highest BCUT2D eigenvalue weighted by Gasteiger charge is 2.54. The zero-order valence-corrected chi connectivity index (χ0v) is 32.8. The van der Waals surface area contributed by atoms with E-state index < -0.39 is 0 Å². The van der Waals surface area contributed by atoms with Crippen LogP contribution in [-0.2, 0) is 0 Å². The molecule has 4 aliphatic carbocycles. The van der Waals surface area contributed by atoms with Gasteiger partial charge in [-0.15, -0.1) is 0 Å². The van der Waals surface area contributed by atoms with E-state index in [2.05, 4.69) is 21.3 Å². The summed E-state index contributed by atoms with van der Waals surface area (Å²) in [5, 5.41) is 18.1. The summed E-state index contributed by atoms with van der Waals surface area (Å²) in [6.07, 6.45) is 31.2. The third kappa shape index (κ3) is 7.22. The van der Waals surface area contributed by atoms with Crippen molar-refractivity contribution in [2.75, 3.05) is 0 Å². The lowest BCUT2D eigenvalue weighted by Crippen LogP contribution is -2.60. The Hall–Kier alpha value is -0.320. The lowest BCUT2D eigenvalue weighted by Gasteiger charge is -2.46. The Balaban J connectivity index is 1.09. The van der Waals surface area contributed by atoms with Crippen molar-refractivity contribution in [3.63, 3.8) is 0 Å². The number of nitrogens with one attached hydrogen (secondary N) is 4. The Labute approximate surface area is 317 Å². The van der Waals surface area contributed by atoms with Gasteiger partial charge in [0.1, 0.15) is 0 Å². The van der Waals surface area contributed by atoms with Gasteiger partial charge < -0.3 is 44.2 Å². The topological polar surface area (TPSA) is 152 Å². The Morgan fingerprint density at radius 3 is 0.577 bits per heavy atom. The largest absolute Gasteiger partial charge is 0.327 e. The van der Waals surface area contributed by atoms with E-state index in [9.17, 15) is 0 Å². The third-order valence-electron chi connectivity index (χ3n) is 18.1. The van der Waals surface area contributed by atoms with Gasteiger partial charge in [0.25, 0.3) is 0 Å². The molecule has 12 N–H and O–H groups in total. The number of nitrogens with two attached hydrogens (primary N) is 4. The van der Waals surface area contributed by atoms with Crippen LogP contribution in [0.1, 0.15) is 154 Å². The molecule has 8 heteroatoms. The highest BCUT2D eigenvalue weighted by Crippen LogP contribution is 2.48. The van der Waals surface area contributed by atoms with Gasteiger partial charge in [0.15, 0.2) is 0 Å². The lowest BCUT2D eigenvalue weighted by atomic mass is 9.70. The Morgan fingerprint density at radius 1 is 0.231 bits per heavy atom. The van der Waals surface area contributed by atoms with E-state index in [0.29, 0.717) is 120 Å². The molecule has 0 radical (unpaired) electrons. The molecule has 9 fully saturated rings. The second kappa shape index (κ2) is 16.3. The second-order valence-electron chi connectivity index (χ2n) is 20.6. The molecule has 0 amide bonds. The Morgan fingerprint density at radius 2 is 0.404 bits per heavy atom. The van der Waals surface area contributed by atoms with Gasteiger partial charge in [-0.3, -0.25) is 0 Å². The number of rotatable bonds is 4. The first kappa shape index (κ1) is 37.3. The minimum Gasteiger partial charge on any atom is -0.327 e. The minimum atomic E-state index is 0.341. The quantitative estimate of drug-likeness (QED) is 0.202. The van der Waals surface area contributed by atoms with E-state index >= 15 is 0 Å². The fourth-order valence-electron chi connectivity index (χ4n) is 15.8. The van der Waals surface area contributed by atoms with Crippen LogP contribution < -0.4 is 44.2 Å². The molecule has 20 atom stereocenters. The summed E-state index contributed by atoms with van der Waals surface area (Å²) < 4.78 is 0. The number of hydrogen-bond donors (Lipinski definition) is 8. The first-order valence-corrected chi connectivity index (χ1v) is 23.5. The Bertz CT molecular complexity index is 953. The van der Waals surface area contributed by atoms with Crippen molar-refractivity contribution in [1.82, 2.24) is 21.3 Å². The normalized spacial score (nSPS) is 54.7. The summed E-state index contributed by atoms with van der Waals surface area (Å²) in [5.41, 5.74) is 28.6. The van der Waals surface area contributed by atoms with Crippen molar-refractivity contribution in [2.24, 2.45) is 70.3 Å². The molecule has 0 spiro atoms. The van der Waals surface area contributed by atoms with Crippen LogP contribution >= 0.6 is 0 Å². The molecular formula is C44H80N8. The highest BCUT2D eigenvalue weighted by atomic mass is 15.1. The number of fused-ring (bicyclic) bond motifs is 8. The predicted octanol–water partition coefficient (Wildman–Crippen LogP) is 5.02. The standard InChI is InChI=1S/C44H80N8/c45-29-13-5-1-9-25(29)41-33-17-19-35(49-33)42(26-10-2-6-14-30(26)46)37-21-23-39(51-37)44(28-12-4-8-16-32(28)48)40-24-22-38(52-40)43(36-20-18-34(41)50-36)27-11-3-7-15-31(27)47/h25-44,49-52H,1-24,45-48H2/t25-,26-,27-,28-,29?,30?,31?,32?,33-,34+,35+,36-,37-,38+,39+,40?,41?,42?,43?,44?/m0/s1. The minimum absolute atomic E-state index is 0.341. The third-order valence-corrected chi connectivity index (χ3v) is 18.1. The zero-order valence-electron chi connectivity index (χ0n) is 32.8. The molecule has 9 unspecified atom stereocenters. The van der Waals surface area contributed by atoms with E-state index in [0.717, 1.165) is 0 Å². The molecule has 5 aliphatic heterocycles. The monoisotopic (exact) mass is 721 g/mol. The van der Waals surface area contributed by atoms with Crippen LogP contribution in [0.4, 0.5) is 0 Å². The molecule has 0 aromatic rings. The van der Waals surface area contributed by atoms with Gasteiger partial charge >= 0.3 is 0 Å². The van der Waals surface area contributed by atoms with E-state index in [1.807, 2.05) is 0 Å². The van der Waals surface area contributed by atoms with Crippen LogP contribution in [0, 0.1) is 47.3 Å². The molecule has 9 rings (SSSR count). The van der Waals surface area contributed by atoms with Crippen LogP contribution in [0.15, 0.2) is 0 Å². The maximum atomic E-state index is 7.16. The Kier molecular flexibility index (Phi) is 11.7. The molecule has 8 nitrogen and oxygen atoms in total. The SMILES string of the molecule is NC1CCCC[C@@H]1C1C2CC[C@@H](N2)C([C@H]2CCCCC2N)[C@@H]2CC[C@@H](N2)C([C@H]2CCCCC2N)[C@@H]2CC[C@@H](N2)C([C@H]2CCCCC2N)[C@@H]2CC[C@H]1N2. The fourth-order valence-corrected chi connectivity index (χ4v) is 15.8. The summed E-state index contributed by atoms with van der Waals surface area (Å²) in [6, 6.07) is 5.81. The van der Waals surface area contributed by atoms with Crippen molar-refractivity contribution < 1.29 is 0 Å².